The summed E-state index contributed by atoms with van der Waals surface area (Å²) < 4.78 is 2.50. The molecule has 0 fully saturated rings. The predicted molar refractivity (Wildman–Crippen MR) is 114 cm³/mol. The Morgan fingerprint density at radius 3 is 2.60 bits per heavy atom. The van der Waals surface area contributed by atoms with Gasteiger partial charge in [-0.15, -0.1) is 11.3 Å². The average molecular weight is 384 g/mol. The first kappa shape index (κ1) is 17.1. The molecule has 1 aromatic carbocycles. The smallest absolute Gasteiger partial charge is 0.0453 e. The van der Waals surface area contributed by atoms with Gasteiger partial charge >= 0.3 is 0 Å². The summed E-state index contributed by atoms with van der Waals surface area (Å²) in [7, 11) is 0. The van der Waals surface area contributed by atoms with Crippen molar-refractivity contribution >= 4 is 46.8 Å². The molecule has 1 atom stereocenters. The van der Waals surface area contributed by atoms with Gasteiger partial charge in [-0.05, 0) is 64.9 Å². The Bertz CT molecular complexity index is 836. The maximum absolute atomic E-state index is 2.50. The molecule has 1 nitrogen and oxygen atoms in total. The zero-order valence-electron chi connectivity index (χ0n) is 14.4. The summed E-state index contributed by atoms with van der Waals surface area (Å²) >= 11 is 5.61. The lowest BCUT2D eigenvalue weighted by Gasteiger charge is -2.20. The maximum atomic E-state index is 2.50. The molecule has 0 saturated heterocycles. The first-order valence-electron chi connectivity index (χ1n) is 8.61. The SMILES string of the molecule is CCC(C)N1Cc2sc(-c3ccc(/C=C/c4ccsc4)cc3)cc2S1. The van der Waals surface area contributed by atoms with Gasteiger partial charge in [-0.2, -0.15) is 11.3 Å². The fourth-order valence-electron chi connectivity index (χ4n) is 2.81. The second kappa shape index (κ2) is 7.50. The zero-order chi connectivity index (χ0) is 17.2. The lowest BCUT2D eigenvalue weighted by atomic mass is 10.1. The van der Waals surface area contributed by atoms with Crippen LogP contribution in [0.3, 0.4) is 0 Å². The normalized spacial score (nSPS) is 15.8. The van der Waals surface area contributed by atoms with E-state index in [2.05, 4.69) is 77.5 Å². The molecule has 25 heavy (non-hydrogen) atoms. The summed E-state index contributed by atoms with van der Waals surface area (Å²) in [6.45, 7) is 5.66. The molecule has 3 aromatic rings. The molecular weight excluding hydrogens is 362 g/mol. The number of hydrogen-bond acceptors (Lipinski definition) is 4. The predicted octanol–water partition coefficient (Wildman–Crippen LogP) is 7.27. The first-order chi connectivity index (χ1) is 12.2. The van der Waals surface area contributed by atoms with Crippen molar-refractivity contribution in [3.05, 3.63) is 63.2 Å². The molecule has 0 amide bonds. The van der Waals surface area contributed by atoms with Gasteiger partial charge in [-0.25, -0.2) is 4.31 Å². The van der Waals surface area contributed by atoms with Gasteiger partial charge in [0.15, 0.2) is 0 Å². The topological polar surface area (TPSA) is 3.24 Å². The van der Waals surface area contributed by atoms with E-state index < -0.39 is 0 Å². The third-order valence-corrected chi connectivity index (χ3v) is 7.86. The van der Waals surface area contributed by atoms with E-state index in [1.54, 1.807) is 11.3 Å². The van der Waals surface area contributed by atoms with Gasteiger partial charge in [-0.3, -0.25) is 0 Å². The second-order valence-corrected chi connectivity index (χ2v) is 9.34. The van der Waals surface area contributed by atoms with Gasteiger partial charge in [0.2, 0.25) is 0 Å². The fraction of sp³-hybridized carbons (Fsp3) is 0.238. The summed E-state index contributed by atoms with van der Waals surface area (Å²) in [5.41, 5.74) is 3.84. The molecular formula is C21H21NS3. The monoisotopic (exact) mass is 383 g/mol. The number of rotatable bonds is 5. The standard InChI is InChI=1S/C21H21NS3/c1-3-15(2)22-13-21-20(25-22)12-19(24-21)18-8-6-16(7-9-18)4-5-17-10-11-23-14-17/h4-12,14-15H,3,13H2,1-2H3/b5-4+. The molecule has 1 unspecified atom stereocenters. The van der Waals surface area contributed by atoms with Crippen molar-refractivity contribution in [2.75, 3.05) is 0 Å². The van der Waals surface area contributed by atoms with Gasteiger partial charge in [0.25, 0.3) is 0 Å². The molecule has 0 aliphatic carbocycles. The summed E-state index contributed by atoms with van der Waals surface area (Å²) in [4.78, 5) is 4.35. The van der Waals surface area contributed by atoms with Crippen LogP contribution in [-0.2, 0) is 6.54 Å². The van der Waals surface area contributed by atoms with Crippen molar-refractivity contribution in [3.63, 3.8) is 0 Å². The minimum Gasteiger partial charge on any atom is -0.238 e. The molecule has 0 spiro atoms. The highest BCUT2D eigenvalue weighted by Gasteiger charge is 2.26. The van der Waals surface area contributed by atoms with Crippen molar-refractivity contribution in [2.24, 2.45) is 0 Å². The maximum Gasteiger partial charge on any atom is 0.0453 e. The van der Waals surface area contributed by atoms with Crippen LogP contribution >= 0.6 is 34.6 Å². The zero-order valence-corrected chi connectivity index (χ0v) is 16.9. The summed E-state index contributed by atoms with van der Waals surface area (Å²) in [6.07, 6.45) is 5.56. The van der Waals surface area contributed by atoms with Crippen molar-refractivity contribution < 1.29 is 0 Å². The summed E-state index contributed by atoms with van der Waals surface area (Å²) in [5.74, 6) is 0. The van der Waals surface area contributed by atoms with Crippen LogP contribution in [0.15, 0.2) is 52.1 Å². The molecule has 1 aliphatic rings. The number of thiophene rings is 2. The lowest BCUT2D eigenvalue weighted by Crippen LogP contribution is -2.21. The Balaban J connectivity index is 1.47. The highest BCUT2D eigenvalue weighted by molar-refractivity contribution is 7.97. The van der Waals surface area contributed by atoms with Crippen LogP contribution < -0.4 is 0 Å². The Kier molecular flexibility index (Phi) is 5.13. The highest BCUT2D eigenvalue weighted by atomic mass is 32.2. The molecule has 0 bridgehead atoms. The van der Waals surface area contributed by atoms with Gasteiger partial charge < -0.3 is 0 Å². The van der Waals surface area contributed by atoms with Crippen LogP contribution in [0.2, 0.25) is 0 Å². The third-order valence-electron chi connectivity index (χ3n) is 4.57. The average Bonchev–Trinajstić information content (AvgIpc) is 3.35. The molecule has 4 rings (SSSR count). The van der Waals surface area contributed by atoms with Crippen molar-refractivity contribution in [2.45, 2.75) is 37.8 Å². The molecule has 1 aliphatic heterocycles. The van der Waals surface area contributed by atoms with Gasteiger partial charge in [0, 0.05) is 27.2 Å². The Labute approximate surface area is 162 Å². The largest absolute Gasteiger partial charge is 0.238 e. The van der Waals surface area contributed by atoms with Gasteiger partial charge in [-0.1, -0.05) is 43.3 Å². The third kappa shape index (κ3) is 3.77. The van der Waals surface area contributed by atoms with E-state index in [9.17, 15) is 0 Å². The van der Waals surface area contributed by atoms with E-state index in [0.717, 1.165) is 6.54 Å². The van der Waals surface area contributed by atoms with E-state index in [4.69, 9.17) is 0 Å². The number of nitrogens with zero attached hydrogens (tertiary/aromatic N) is 1. The van der Waals surface area contributed by atoms with E-state index >= 15 is 0 Å². The van der Waals surface area contributed by atoms with E-state index in [0.29, 0.717) is 6.04 Å². The quantitative estimate of drug-likeness (QED) is 0.426. The Hall–Kier alpha value is -1.33. The van der Waals surface area contributed by atoms with Gasteiger partial charge in [0.1, 0.15) is 0 Å². The van der Waals surface area contributed by atoms with Crippen molar-refractivity contribution in [1.82, 2.24) is 4.31 Å². The minimum atomic E-state index is 0.641. The highest BCUT2D eigenvalue weighted by Crippen LogP contribution is 2.45. The molecule has 2 aromatic heterocycles. The Morgan fingerprint density at radius 2 is 1.92 bits per heavy atom. The molecule has 128 valence electrons. The summed E-state index contributed by atoms with van der Waals surface area (Å²) in [5, 5.41) is 4.28. The van der Waals surface area contributed by atoms with E-state index in [1.807, 2.05) is 23.3 Å². The van der Waals surface area contributed by atoms with Crippen LogP contribution in [-0.4, -0.2) is 10.3 Å². The fourth-order valence-corrected chi connectivity index (χ4v) is 6.01. The molecule has 3 heterocycles. The number of hydrogen-bond donors (Lipinski definition) is 0. The van der Waals surface area contributed by atoms with E-state index in [-0.39, 0.29) is 0 Å². The molecule has 0 N–H and O–H groups in total. The first-order valence-corrected chi connectivity index (χ1v) is 11.1. The van der Waals surface area contributed by atoms with Gasteiger partial charge in [0.05, 0.1) is 0 Å². The van der Waals surface area contributed by atoms with Crippen LogP contribution in [0.4, 0.5) is 0 Å². The minimum absolute atomic E-state index is 0.641. The van der Waals surface area contributed by atoms with Crippen molar-refractivity contribution in [1.29, 1.82) is 0 Å². The van der Waals surface area contributed by atoms with Crippen LogP contribution in [0, 0.1) is 0 Å². The van der Waals surface area contributed by atoms with Crippen LogP contribution in [0.5, 0.6) is 0 Å². The molecule has 4 heteroatoms. The Morgan fingerprint density at radius 1 is 1.12 bits per heavy atom. The molecule has 0 saturated carbocycles. The lowest BCUT2D eigenvalue weighted by molar-refractivity contribution is 0.370. The second-order valence-electron chi connectivity index (χ2n) is 6.33. The summed E-state index contributed by atoms with van der Waals surface area (Å²) in [6, 6.07) is 14.1. The number of benzene rings is 1. The van der Waals surface area contributed by atoms with E-state index in [1.165, 1.54) is 37.8 Å². The van der Waals surface area contributed by atoms with Crippen LogP contribution in [0.25, 0.3) is 22.6 Å². The number of fused-ring (bicyclic) bond motifs is 1. The van der Waals surface area contributed by atoms with Crippen LogP contribution in [0.1, 0.15) is 36.3 Å². The molecule has 0 radical (unpaired) electrons. The van der Waals surface area contributed by atoms with Crippen molar-refractivity contribution in [3.8, 4) is 10.4 Å².